The van der Waals surface area contributed by atoms with Crippen LogP contribution in [0.4, 0.5) is 5.69 Å². The van der Waals surface area contributed by atoms with Gasteiger partial charge in [0.1, 0.15) is 11.9 Å². The summed E-state index contributed by atoms with van der Waals surface area (Å²) in [4.78, 5) is 15.0. The van der Waals surface area contributed by atoms with Crippen LogP contribution in [0.5, 0.6) is 0 Å². The van der Waals surface area contributed by atoms with E-state index < -0.39 is 0 Å². The van der Waals surface area contributed by atoms with Gasteiger partial charge in [0.05, 0.1) is 22.6 Å². The zero-order valence-electron chi connectivity index (χ0n) is 28.8. The molecular weight excluding hydrogens is 635 g/mol. The average molecular weight is 670 g/mol. The van der Waals surface area contributed by atoms with Gasteiger partial charge in [0, 0.05) is 57.8 Å². The predicted octanol–water partition coefficient (Wildman–Crippen LogP) is 11.5. The van der Waals surface area contributed by atoms with Gasteiger partial charge >= 0.3 is 0 Å². The maximum absolute atomic E-state index is 6.82. The fraction of sp³-hybridized carbons (Fsp3) is 0.146. The minimum Gasteiger partial charge on any atom is -0.488 e. The van der Waals surface area contributed by atoms with Gasteiger partial charge in [0.2, 0.25) is 0 Å². The van der Waals surface area contributed by atoms with Crippen molar-refractivity contribution in [2.45, 2.75) is 31.8 Å². The van der Waals surface area contributed by atoms with Gasteiger partial charge in [-0.25, -0.2) is 0 Å². The Labute approximate surface area is 302 Å². The highest BCUT2D eigenvalue weighted by Gasteiger charge is 2.47. The molecule has 0 N–H and O–H groups in total. The standard InChI is InChI=1S/C48H35N3O/c1-48(47-39-23-22-37-35-15-5-7-19-42(35)52-46(37)43(39)38-16-4-6-18-41(38)51-47)24-8-11-30(28-48)31-20-21-34(33-14-3-2-13-32(31)33)40-27-29-12-9-25-49-44(29)45-36(40)17-10-26-50-45/h2-18,20-23,25-28,39,42-43H,19,24H2,1H3/t39?,42?,43?,48-/m1/s1. The van der Waals surface area contributed by atoms with Crippen molar-refractivity contribution in [2.24, 2.45) is 16.3 Å². The summed E-state index contributed by atoms with van der Waals surface area (Å²) in [5, 5.41) is 4.65. The van der Waals surface area contributed by atoms with Crippen LogP contribution < -0.4 is 0 Å². The summed E-state index contributed by atoms with van der Waals surface area (Å²) in [6.45, 7) is 2.37. The number of rotatable bonds is 3. The van der Waals surface area contributed by atoms with Crippen molar-refractivity contribution in [3.8, 4) is 11.1 Å². The molecule has 0 radical (unpaired) electrons. The van der Waals surface area contributed by atoms with E-state index in [1.54, 1.807) is 0 Å². The summed E-state index contributed by atoms with van der Waals surface area (Å²) < 4.78 is 6.82. The second-order valence-corrected chi connectivity index (χ2v) is 14.8. The summed E-state index contributed by atoms with van der Waals surface area (Å²) >= 11 is 0. The molecule has 5 aliphatic rings. The van der Waals surface area contributed by atoms with E-state index in [-0.39, 0.29) is 23.4 Å². The van der Waals surface area contributed by atoms with Gasteiger partial charge in [0.15, 0.2) is 0 Å². The van der Waals surface area contributed by atoms with Gasteiger partial charge in [-0.3, -0.25) is 15.0 Å². The SMILES string of the molecule is C[C@]1(C2=Nc3ccccc3C3C4=C(C=CC23)C2=CC=CCC2O4)C=C(c2ccc(-c3cc4cccnc4c4ncccc34)c3ccccc23)C=CC1. The molecule has 6 aromatic rings. The van der Waals surface area contributed by atoms with Crippen LogP contribution >= 0.6 is 0 Å². The fourth-order valence-electron chi connectivity index (χ4n) is 9.40. The third-order valence-corrected chi connectivity index (χ3v) is 11.8. The second kappa shape index (κ2) is 11.2. The van der Waals surface area contributed by atoms with Crippen molar-refractivity contribution in [1.82, 2.24) is 9.97 Å². The lowest BCUT2D eigenvalue weighted by molar-refractivity contribution is 0.149. The van der Waals surface area contributed by atoms with E-state index in [1.165, 1.54) is 55.5 Å². The number of ether oxygens (including phenoxy) is 1. The van der Waals surface area contributed by atoms with Gasteiger partial charge in [-0.15, -0.1) is 0 Å². The largest absolute Gasteiger partial charge is 0.488 e. The van der Waals surface area contributed by atoms with Crippen LogP contribution in [-0.2, 0) is 4.74 Å². The molecule has 0 spiro atoms. The Hall–Kier alpha value is -6.13. The number of para-hydroxylation sites is 1. The van der Waals surface area contributed by atoms with Crippen molar-refractivity contribution in [3.05, 3.63) is 180 Å². The fourth-order valence-corrected chi connectivity index (χ4v) is 9.40. The quantitative estimate of drug-likeness (QED) is 0.176. The Bertz CT molecular complexity index is 2760. The number of hydrogen-bond acceptors (Lipinski definition) is 4. The number of aliphatic imine (C=N–C) groups is 1. The highest BCUT2D eigenvalue weighted by molar-refractivity contribution is 6.15. The summed E-state index contributed by atoms with van der Waals surface area (Å²) in [5.41, 5.74) is 12.5. The molecule has 2 aromatic heterocycles. The van der Waals surface area contributed by atoms with Crippen LogP contribution in [0.15, 0.2) is 174 Å². The summed E-state index contributed by atoms with van der Waals surface area (Å²) in [6, 6.07) is 32.7. The van der Waals surface area contributed by atoms with E-state index >= 15 is 0 Å². The molecular formula is C48H35N3O. The molecule has 0 bridgehead atoms. The van der Waals surface area contributed by atoms with E-state index in [0.29, 0.717) is 0 Å². The van der Waals surface area contributed by atoms with E-state index in [1.807, 2.05) is 24.5 Å². The summed E-state index contributed by atoms with van der Waals surface area (Å²) in [5.74, 6) is 1.33. The number of allylic oxidation sites excluding steroid dienone is 9. The predicted molar refractivity (Wildman–Crippen MR) is 212 cm³/mol. The molecule has 52 heavy (non-hydrogen) atoms. The topological polar surface area (TPSA) is 47.4 Å². The maximum atomic E-state index is 6.82. The molecule has 2 aliphatic heterocycles. The lowest BCUT2D eigenvalue weighted by Crippen LogP contribution is -2.38. The number of aromatic nitrogens is 2. The summed E-state index contributed by atoms with van der Waals surface area (Å²) in [6.07, 6.45) is 24.1. The molecule has 4 nitrogen and oxygen atoms in total. The summed E-state index contributed by atoms with van der Waals surface area (Å²) in [7, 11) is 0. The Morgan fingerprint density at radius 2 is 1.54 bits per heavy atom. The van der Waals surface area contributed by atoms with E-state index in [0.717, 1.165) is 46.1 Å². The third-order valence-electron chi connectivity index (χ3n) is 11.8. The van der Waals surface area contributed by atoms with Crippen LogP contribution in [0.3, 0.4) is 0 Å². The lowest BCUT2D eigenvalue weighted by Gasteiger charge is -2.41. The number of hydrogen-bond donors (Lipinski definition) is 0. The minimum atomic E-state index is -0.290. The zero-order chi connectivity index (χ0) is 34.4. The van der Waals surface area contributed by atoms with Crippen molar-refractivity contribution < 1.29 is 4.74 Å². The third kappa shape index (κ3) is 4.30. The van der Waals surface area contributed by atoms with Crippen molar-refractivity contribution in [2.75, 3.05) is 0 Å². The smallest absolute Gasteiger partial charge is 0.127 e. The first-order valence-electron chi connectivity index (χ1n) is 18.3. The number of pyridine rings is 2. The van der Waals surface area contributed by atoms with Gasteiger partial charge in [0.25, 0.3) is 0 Å². The monoisotopic (exact) mass is 669 g/mol. The van der Waals surface area contributed by atoms with Crippen molar-refractivity contribution >= 4 is 49.6 Å². The number of nitrogens with zero attached hydrogens (tertiary/aromatic N) is 3. The molecule has 3 unspecified atom stereocenters. The molecule has 4 heteroatoms. The molecule has 3 aliphatic carbocycles. The Morgan fingerprint density at radius 1 is 0.750 bits per heavy atom. The zero-order valence-corrected chi connectivity index (χ0v) is 28.8. The first-order valence-corrected chi connectivity index (χ1v) is 18.3. The van der Waals surface area contributed by atoms with Crippen LogP contribution in [-0.4, -0.2) is 21.8 Å². The van der Waals surface area contributed by atoms with Crippen LogP contribution in [0.25, 0.3) is 49.3 Å². The molecule has 4 aromatic carbocycles. The van der Waals surface area contributed by atoms with Gasteiger partial charge in [-0.1, -0.05) is 122 Å². The Balaban J connectivity index is 1.04. The van der Waals surface area contributed by atoms with Crippen LogP contribution in [0, 0.1) is 11.3 Å². The first kappa shape index (κ1) is 29.6. The normalized spacial score (nSPS) is 24.2. The Kier molecular flexibility index (Phi) is 6.36. The Morgan fingerprint density at radius 3 is 2.46 bits per heavy atom. The molecule has 0 fully saturated rings. The molecule has 4 atom stereocenters. The van der Waals surface area contributed by atoms with Gasteiger partial charge < -0.3 is 4.74 Å². The maximum Gasteiger partial charge on any atom is 0.127 e. The van der Waals surface area contributed by atoms with Crippen molar-refractivity contribution in [1.29, 1.82) is 0 Å². The molecule has 248 valence electrons. The second-order valence-electron chi connectivity index (χ2n) is 14.8. The van der Waals surface area contributed by atoms with E-state index in [2.05, 4.69) is 134 Å². The molecule has 0 amide bonds. The molecule has 4 heterocycles. The van der Waals surface area contributed by atoms with Gasteiger partial charge in [-0.2, -0.15) is 0 Å². The van der Waals surface area contributed by atoms with Crippen LogP contribution in [0.1, 0.15) is 36.8 Å². The molecule has 11 rings (SSSR count). The highest BCUT2D eigenvalue weighted by atomic mass is 16.5. The highest BCUT2D eigenvalue weighted by Crippen LogP contribution is 2.55. The molecule has 0 saturated heterocycles. The molecule has 0 saturated carbocycles. The van der Waals surface area contributed by atoms with Crippen molar-refractivity contribution in [3.63, 3.8) is 0 Å². The van der Waals surface area contributed by atoms with Crippen LogP contribution in [0.2, 0.25) is 0 Å². The number of fused-ring (bicyclic) bond motifs is 10. The number of benzene rings is 4. The van der Waals surface area contributed by atoms with E-state index in [4.69, 9.17) is 19.7 Å². The van der Waals surface area contributed by atoms with E-state index in [9.17, 15) is 0 Å². The van der Waals surface area contributed by atoms with Gasteiger partial charge in [-0.05, 0) is 69.3 Å². The minimum absolute atomic E-state index is 0.101. The lowest BCUT2D eigenvalue weighted by atomic mass is 9.65. The first-order chi connectivity index (χ1) is 25.6. The average Bonchev–Trinajstić information content (AvgIpc) is 3.59.